The SMILES string of the molecule is O=C(c1ccsc1)N1CC2CN(CCc3ccccc3)CC2C1. The van der Waals surface area contributed by atoms with Crippen LogP contribution < -0.4 is 0 Å². The number of hydrogen-bond acceptors (Lipinski definition) is 3. The molecule has 1 aromatic carbocycles. The zero-order valence-corrected chi connectivity index (χ0v) is 14.0. The highest BCUT2D eigenvalue weighted by atomic mass is 32.1. The van der Waals surface area contributed by atoms with Gasteiger partial charge < -0.3 is 9.80 Å². The summed E-state index contributed by atoms with van der Waals surface area (Å²) in [5.74, 6) is 1.54. The maximum atomic E-state index is 12.5. The number of carbonyl (C=O) groups is 1. The summed E-state index contributed by atoms with van der Waals surface area (Å²) < 4.78 is 0. The maximum absolute atomic E-state index is 12.5. The van der Waals surface area contributed by atoms with Crippen LogP contribution in [0, 0.1) is 11.8 Å². The number of likely N-dealkylation sites (tertiary alicyclic amines) is 2. The van der Waals surface area contributed by atoms with Crippen molar-refractivity contribution < 1.29 is 4.79 Å². The van der Waals surface area contributed by atoms with Crippen molar-refractivity contribution in [3.8, 4) is 0 Å². The predicted octanol–water partition coefficient (Wildman–Crippen LogP) is 2.99. The minimum absolute atomic E-state index is 0.219. The van der Waals surface area contributed by atoms with E-state index in [1.807, 2.05) is 16.8 Å². The summed E-state index contributed by atoms with van der Waals surface area (Å²) in [6, 6.07) is 12.6. The van der Waals surface area contributed by atoms with Crippen LogP contribution >= 0.6 is 11.3 Å². The molecule has 2 fully saturated rings. The lowest BCUT2D eigenvalue weighted by Gasteiger charge is -2.21. The van der Waals surface area contributed by atoms with Crippen LogP contribution in [0.5, 0.6) is 0 Å². The fourth-order valence-electron chi connectivity index (χ4n) is 3.94. The second kappa shape index (κ2) is 6.46. The minimum Gasteiger partial charge on any atom is -0.338 e. The molecule has 0 saturated carbocycles. The van der Waals surface area contributed by atoms with Gasteiger partial charge in [0.2, 0.25) is 0 Å². The van der Waals surface area contributed by atoms with E-state index in [0.717, 1.165) is 44.7 Å². The molecule has 2 aromatic rings. The number of nitrogens with zero attached hydrogens (tertiary/aromatic N) is 2. The van der Waals surface area contributed by atoms with Crippen LogP contribution in [0.25, 0.3) is 0 Å². The predicted molar refractivity (Wildman–Crippen MR) is 93.8 cm³/mol. The first-order valence-corrected chi connectivity index (χ1v) is 9.31. The molecule has 2 aliphatic rings. The third-order valence-corrected chi connectivity index (χ3v) is 5.86. The number of benzene rings is 1. The molecule has 0 bridgehead atoms. The Morgan fingerprint density at radius 3 is 2.43 bits per heavy atom. The van der Waals surface area contributed by atoms with Crippen molar-refractivity contribution in [2.24, 2.45) is 11.8 Å². The molecule has 0 spiro atoms. The molecule has 2 unspecified atom stereocenters. The van der Waals surface area contributed by atoms with E-state index in [9.17, 15) is 4.79 Å². The van der Waals surface area contributed by atoms with E-state index in [-0.39, 0.29) is 5.91 Å². The fraction of sp³-hybridized carbons (Fsp3) is 0.421. The molecule has 2 aliphatic heterocycles. The number of rotatable bonds is 4. The van der Waals surface area contributed by atoms with Crippen molar-refractivity contribution >= 4 is 17.2 Å². The smallest absolute Gasteiger partial charge is 0.254 e. The van der Waals surface area contributed by atoms with Crippen LogP contribution in [0.1, 0.15) is 15.9 Å². The standard InChI is InChI=1S/C19H22N2OS/c22-19(16-7-9-23-14-16)21-12-17-10-20(11-18(17)13-21)8-6-15-4-2-1-3-5-15/h1-5,7,9,14,17-18H,6,8,10-13H2. The van der Waals surface area contributed by atoms with E-state index in [2.05, 4.69) is 40.1 Å². The van der Waals surface area contributed by atoms with Gasteiger partial charge in [-0.05, 0) is 35.3 Å². The van der Waals surface area contributed by atoms with Gasteiger partial charge in [-0.2, -0.15) is 11.3 Å². The lowest BCUT2D eigenvalue weighted by Crippen LogP contribution is -2.33. The van der Waals surface area contributed by atoms with Crippen molar-refractivity contribution in [3.05, 3.63) is 58.3 Å². The highest BCUT2D eigenvalue weighted by molar-refractivity contribution is 7.08. The Morgan fingerprint density at radius 1 is 1.04 bits per heavy atom. The molecule has 2 atom stereocenters. The molecule has 3 nitrogen and oxygen atoms in total. The average molecular weight is 326 g/mol. The minimum atomic E-state index is 0.219. The number of carbonyl (C=O) groups excluding carboxylic acids is 1. The number of hydrogen-bond donors (Lipinski definition) is 0. The van der Waals surface area contributed by atoms with Crippen LogP contribution in [0.3, 0.4) is 0 Å². The van der Waals surface area contributed by atoms with Crippen LogP contribution in [-0.4, -0.2) is 48.4 Å². The van der Waals surface area contributed by atoms with E-state index in [0.29, 0.717) is 11.8 Å². The molecule has 0 aliphatic carbocycles. The lowest BCUT2D eigenvalue weighted by atomic mass is 10.0. The van der Waals surface area contributed by atoms with Crippen molar-refractivity contribution in [1.29, 1.82) is 0 Å². The summed E-state index contributed by atoms with van der Waals surface area (Å²) in [4.78, 5) is 17.1. The normalized spacial score (nSPS) is 24.1. The molecular formula is C19H22N2OS. The van der Waals surface area contributed by atoms with E-state index in [4.69, 9.17) is 0 Å². The zero-order valence-electron chi connectivity index (χ0n) is 13.2. The number of amides is 1. The van der Waals surface area contributed by atoms with Crippen molar-refractivity contribution in [3.63, 3.8) is 0 Å². The van der Waals surface area contributed by atoms with Gasteiger partial charge in [0.1, 0.15) is 0 Å². The Balaban J connectivity index is 1.29. The molecular weight excluding hydrogens is 304 g/mol. The van der Waals surface area contributed by atoms with Gasteiger partial charge in [-0.3, -0.25) is 4.79 Å². The summed E-state index contributed by atoms with van der Waals surface area (Å²) in [5.41, 5.74) is 2.27. The quantitative estimate of drug-likeness (QED) is 0.862. The number of fused-ring (bicyclic) bond motifs is 1. The summed E-state index contributed by atoms with van der Waals surface area (Å²) >= 11 is 1.60. The van der Waals surface area contributed by atoms with Gasteiger partial charge in [-0.25, -0.2) is 0 Å². The molecule has 0 radical (unpaired) electrons. The van der Waals surface area contributed by atoms with Crippen LogP contribution in [0.2, 0.25) is 0 Å². The highest BCUT2D eigenvalue weighted by Crippen LogP contribution is 2.32. The van der Waals surface area contributed by atoms with Crippen molar-refractivity contribution in [2.75, 3.05) is 32.7 Å². The molecule has 4 heteroatoms. The topological polar surface area (TPSA) is 23.6 Å². The number of thiophene rings is 1. The third-order valence-electron chi connectivity index (χ3n) is 5.18. The largest absolute Gasteiger partial charge is 0.338 e. The summed E-state index contributed by atoms with van der Waals surface area (Å²) in [7, 11) is 0. The Kier molecular flexibility index (Phi) is 4.19. The first kappa shape index (κ1) is 14.9. The molecule has 3 heterocycles. The van der Waals surface area contributed by atoms with Crippen molar-refractivity contribution in [1.82, 2.24) is 9.80 Å². The zero-order chi connectivity index (χ0) is 15.6. The second-order valence-electron chi connectivity index (χ2n) is 6.74. The maximum Gasteiger partial charge on any atom is 0.254 e. The average Bonchev–Trinajstić information content (AvgIpc) is 3.29. The molecule has 23 heavy (non-hydrogen) atoms. The first-order valence-electron chi connectivity index (χ1n) is 8.37. The van der Waals surface area contributed by atoms with Crippen LogP contribution in [-0.2, 0) is 6.42 Å². The van der Waals surface area contributed by atoms with E-state index in [1.54, 1.807) is 11.3 Å². The van der Waals surface area contributed by atoms with Gasteiger partial charge in [0.15, 0.2) is 0 Å². The Labute approximate surface area is 141 Å². The van der Waals surface area contributed by atoms with Gasteiger partial charge in [0.05, 0.1) is 5.56 Å². The van der Waals surface area contributed by atoms with E-state index in [1.165, 1.54) is 5.56 Å². The molecule has 1 amide bonds. The van der Waals surface area contributed by atoms with Gasteiger partial charge in [0, 0.05) is 38.1 Å². The van der Waals surface area contributed by atoms with Crippen LogP contribution in [0.15, 0.2) is 47.2 Å². The van der Waals surface area contributed by atoms with Gasteiger partial charge in [-0.15, -0.1) is 0 Å². The van der Waals surface area contributed by atoms with Crippen LogP contribution in [0.4, 0.5) is 0 Å². The molecule has 120 valence electrons. The first-order chi connectivity index (χ1) is 11.3. The van der Waals surface area contributed by atoms with E-state index < -0.39 is 0 Å². The monoisotopic (exact) mass is 326 g/mol. The van der Waals surface area contributed by atoms with Crippen molar-refractivity contribution in [2.45, 2.75) is 6.42 Å². The fourth-order valence-corrected chi connectivity index (χ4v) is 4.57. The van der Waals surface area contributed by atoms with E-state index >= 15 is 0 Å². The molecule has 2 saturated heterocycles. The van der Waals surface area contributed by atoms with Gasteiger partial charge >= 0.3 is 0 Å². The summed E-state index contributed by atoms with van der Waals surface area (Å²) in [6.45, 7) is 5.29. The second-order valence-corrected chi connectivity index (χ2v) is 7.52. The summed E-state index contributed by atoms with van der Waals surface area (Å²) in [6.07, 6.45) is 1.12. The molecule has 4 rings (SSSR count). The highest BCUT2D eigenvalue weighted by Gasteiger charge is 2.41. The summed E-state index contributed by atoms with van der Waals surface area (Å²) in [5, 5.41) is 3.94. The Hall–Kier alpha value is -1.65. The lowest BCUT2D eigenvalue weighted by molar-refractivity contribution is 0.0775. The van der Waals surface area contributed by atoms with Gasteiger partial charge in [0.25, 0.3) is 5.91 Å². The Morgan fingerprint density at radius 2 is 1.78 bits per heavy atom. The van der Waals surface area contributed by atoms with Gasteiger partial charge in [-0.1, -0.05) is 30.3 Å². The molecule has 1 aromatic heterocycles. The molecule has 0 N–H and O–H groups in total. The third kappa shape index (κ3) is 3.19. The Bertz CT molecular complexity index is 641.